The molecule has 10 nitrogen and oxygen atoms in total. The first kappa shape index (κ1) is 33.1. The van der Waals surface area contributed by atoms with E-state index in [9.17, 15) is 24.3 Å². The van der Waals surface area contributed by atoms with Crippen LogP contribution in [0.1, 0.15) is 83.5 Å². The van der Waals surface area contributed by atoms with Crippen molar-refractivity contribution >= 4 is 29.5 Å². The highest BCUT2D eigenvalue weighted by atomic mass is 16.6. The number of alkyl carbamates (subject to hydrolysis) is 1. The quantitative estimate of drug-likeness (QED) is 0.304. The molecule has 2 unspecified atom stereocenters. The van der Waals surface area contributed by atoms with Crippen molar-refractivity contribution in [3.05, 3.63) is 59.2 Å². The summed E-state index contributed by atoms with van der Waals surface area (Å²) in [6.07, 6.45) is -0.648. The summed E-state index contributed by atoms with van der Waals surface area (Å²) < 4.78 is 5.38. The Bertz CT molecular complexity index is 1230. The molecule has 10 heteroatoms. The average molecular weight is 569 g/mol. The molecule has 2 aromatic carbocycles. The number of benzene rings is 2. The molecule has 0 aliphatic heterocycles. The summed E-state index contributed by atoms with van der Waals surface area (Å²) in [5.41, 5.74) is 6.45. The lowest BCUT2D eigenvalue weighted by Crippen LogP contribution is -2.59. The number of carbonyl (C=O) groups is 4. The van der Waals surface area contributed by atoms with E-state index in [1.54, 1.807) is 32.9 Å². The highest BCUT2D eigenvalue weighted by Crippen LogP contribution is 2.34. The van der Waals surface area contributed by atoms with Crippen molar-refractivity contribution in [2.75, 3.05) is 5.32 Å². The van der Waals surface area contributed by atoms with Gasteiger partial charge in [-0.15, -0.1) is 0 Å². The van der Waals surface area contributed by atoms with E-state index in [1.807, 2.05) is 52.8 Å². The number of hydrogen-bond donors (Lipinski definition) is 4. The number of nitrogens with zero attached hydrogens (tertiary/aromatic N) is 1. The molecule has 2 atom stereocenters. The first-order valence-electron chi connectivity index (χ1n) is 13.7. The molecule has 224 valence electrons. The Hall–Kier alpha value is -4.08. The second-order valence-electron chi connectivity index (χ2n) is 11.8. The van der Waals surface area contributed by atoms with Gasteiger partial charge in [-0.2, -0.15) is 0 Å². The first-order chi connectivity index (χ1) is 19.0. The smallest absolute Gasteiger partial charge is 0.408 e. The Morgan fingerprint density at radius 1 is 0.976 bits per heavy atom. The van der Waals surface area contributed by atoms with Crippen molar-refractivity contribution in [1.29, 1.82) is 0 Å². The third-order valence-electron chi connectivity index (χ3n) is 6.87. The highest BCUT2D eigenvalue weighted by molar-refractivity contribution is 6.00. The van der Waals surface area contributed by atoms with Gasteiger partial charge >= 0.3 is 6.09 Å². The van der Waals surface area contributed by atoms with E-state index in [2.05, 4.69) is 10.6 Å². The van der Waals surface area contributed by atoms with Gasteiger partial charge in [0.1, 0.15) is 23.4 Å². The van der Waals surface area contributed by atoms with E-state index in [0.717, 1.165) is 11.1 Å². The minimum Gasteiger partial charge on any atom is -0.508 e. The molecule has 0 aliphatic carbocycles. The number of carbonyl (C=O) groups excluding carboxylic acids is 4. The number of primary amides is 1. The maximum absolute atomic E-state index is 14.4. The van der Waals surface area contributed by atoms with Crippen molar-refractivity contribution < 1.29 is 29.0 Å². The lowest BCUT2D eigenvalue weighted by atomic mass is 9.91. The maximum atomic E-state index is 14.4. The molecule has 0 fully saturated rings. The number of phenolic OH excluding ortho intramolecular Hbond substituents is 1. The van der Waals surface area contributed by atoms with E-state index >= 15 is 0 Å². The number of hydrogen-bond acceptors (Lipinski definition) is 6. The van der Waals surface area contributed by atoms with Crippen LogP contribution in [0.2, 0.25) is 0 Å². The molecule has 0 aromatic heterocycles. The minimum absolute atomic E-state index is 0.00112. The Morgan fingerprint density at radius 2 is 1.54 bits per heavy atom. The number of rotatable bonds is 11. The zero-order chi connectivity index (χ0) is 31.1. The molecule has 2 rings (SSSR count). The molecule has 2 aromatic rings. The molecule has 0 saturated carbocycles. The Morgan fingerprint density at radius 3 is 2.02 bits per heavy atom. The second-order valence-corrected chi connectivity index (χ2v) is 11.8. The number of nitrogens with one attached hydrogen (secondary N) is 2. The van der Waals surface area contributed by atoms with E-state index < -0.39 is 47.0 Å². The molecule has 41 heavy (non-hydrogen) atoms. The van der Waals surface area contributed by atoms with Crippen molar-refractivity contribution in [2.45, 2.75) is 97.9 Å². The number of anilines is 1. The Kier molecular flexibility index (Phi) is 10.9. The second kappa shape index (κ2) is 13.5. The van der Waals surface area contributed by atoms with Crippen molar-refractivity contribution in [3.8, 4) is 5.75 Å². The van der Waals surface area contributed by atoms with Crippen LogP contribution >= 0.6 is 0 Å². The van der Waals surface area contributed by atoms with Gasteiger partial charge in [-0.05, 0) is 90.1 Å². The Labute approximate surface area is 242 Å². The summed E-state index contributed by atoms with van der Waals surface area (Å²) in [6.45, 7) is 14.4. The number of nitrogens with two attached hydrogens (primary N) is 1. The van der Waals surface area contributed by atoms with Crippen molar-refractivity contribution in [1.82, 2.24) is 10.2 Å². The molecule has 0 spiro atoms. The van der Waals surface area contributed by atoms with Crippen LogP contribution in [-0.4, -0.2) is 51.0 Å². The van der Waals surface area contributed by atoms with Gasteiger partial charge in [0, 0.05) is 17.6 Å². The predicted octanol–water partition coefficient (Wildman–Crippen LogP) is 4.86. The van der Waals surface area contributed by atoms with Gasteiger partial charge in [0.05, 0.1) is 0 Å². The first-order valence-corrected chi connectivity index (χ1v) is 13.7. The molecule has 5 N–H and O–H groups in total. The predicted molar refractivity (Wildman–Crippen MR) is 158 cm³/mol. The SMILES string of the molecule is CCC(C)(C)N(C(=O)C(CCC(N)=O)NC(=O)OC(C)(C)C)C(C(=O)Nc1c(C)cccc1C)c1ccc(O)cc1. The molecule has 0 radical (unpaired) electrons. The number of para-hydroxylation sites is 1. The topological polar surface area (TPSA) is 151 Å². The van der Waals surface area contributed by atoms with Crippen LogP contribution in [-0.2, 0) is 19.1 Å². The third kappa shape index (κ3) is 9.23. The molecule has 0 heterocycles. The van der Waals surface area contributed by atoms with Crippen LogP contribution in [0.5, 0.6) is 5.75 Å². The lowest BCUT2D eigenvalue weighted by Gasteiger charge is -2.44. The molecule has 4 amide bonds. The van der Waals surface area contributed by atoms with Crippen LogP contribution < -0.4 is 16.4 Å². The van der Waals surface area contributed by atoms with E-state index in [4.69, 9.17) is 10.5 Å². The van der Waals surface area contributed by atoms with Gasteiger partial charge in [-0.3, -0.25) is 14.4 Å². The van der Waals surface area contributed by atoms with Crippen LogP contribution in [0.4, 0.5) is 10.5 Å². The fourth-order valence-electron chi connectivity index (χ4n) is 4.38. The van der Waals surface area contributed by atoms with Gasteiger partial charge in [0.25, 0.3) is 5.91 Å². The number of aromatic hydroxyl groups is 1. The van der Waals surface area contributed by atoms with Crippen LogP contribution in [0.25, 0.3) is 0 Å². The van der Waals surface area contributed by atoms with Crippen LogP contribution in [0, 0.1) is 13.8 Å². The number of phenols is 1. The normalized spacial score (nSPS) is 13.1. The van der Waals surface area contributed by atoms with E-state index in [0.29, 0.717) is 17.7 Å². The van der Waals surface area contributed by atoms with Gasteiger partial charge in [-0.25, -0.2) is 4.79 Å². The van der Waals surface area contributed by atoms with Gasteiger partial charge in [0.2, 0.25) is 11.8 Å². The van der Waals surface area contributed by atoms with Gasteiger partial charge in [-0.1, -0.05) is 37.3 Å². The molecule has 0 aliphatic rings. The monoisotopic (exact) mass is 568 g/mol. The number of amides is 4. The minimum atomic E-state index is -1.21. The lowest BCUT2D eigenvalue weighted by molar-refractivity contribution is -0.148. The van der Waals surface area contributed by atoms with Crippen molar-refractivity contribution in [2.24, 2.45) is 5.73 Å². The summed E-state index contributed by atoms with van der Waals surface area (Å²) in [4.78, 5) is 54.5. The maximum Gasteiger partial charge on any atom is 0.408 e. The van der Waals surface area contributed by atoms with Crippen LogP contribution in [0.15, 0.2) is 42.5 Å². The average Bonchev–Trinajstić information content (AvgIpc) is 2.86. The standard InChI is InChI=1S/C31H44N4O6/c1-9-31(7,8)35(28(39)23(17-18-24(32)37)33-29(40)41-30(4,5)6)26(21-13-15-22(36)16-14-21)27(38)34-25-19(2)11-10-12-20(25)3/h10-16,23,26,36H,9,17-18H2,1-8H3,(H2,32,37)(H,33,40)(H,34,38). The Balaban J connectivity index is 2.67. The molecular weight excluding hydrogens is 524 g/mol. The summed E-state index contributed by atoms with van der Waals surface area (Å²) in [5.74, 6) is -1.70. The summed E-state index contributed by atoms with van der Waals surface area (Å²) in [6, 6.07) is 9.32. The number of aryl methyl sites for hydroxylation is 2. The zero-order valence-electron chi connectivity index (χ0n) is 25.3. The largest absolute Gasteiger partial charge is 0.508 e. The molecular formula is C31H44N4O6. The van der Waals surface area contributed by atoms with Crippen molar-refractivity contribution in [3.63, 3.8) is 0 Å². The zero-order valence-corrected chi connectivity index (χ0v) is 25.3. The van der Waals surface area contributed by atoms with E-state index in [-0.39, 0.29) is 18.6 Å². The van der Waals surface area contributed by atoms with Gasteiger partial charge in [0.15, 0.2) is 0 Å². The number of ether oxygens (including phenoxy) is 1. The molecule has 0 bridgehead atoms. The van der Waals surface area contributed by atoms with E-state index in [1.165, 1.54) is 17.0 Å². The molecule has 0 saturated heterocycles. The highest BCUT2D eigenvalue weighted by Gasteiger charge is 2.43. The fraction of sp³-hybridized carbons (Fsp3) is 0.484. The summed E-state index contributed by atoms with van der Waals surface area (Å²) in [7, 11) is 0. The third-order valence-corrected chi connectivity index (χ3v) is 6.87. The summed E-state index contributed by atoms with van der Waals surface area (Å²) in [5, 5.41) is 15.6. The van der Waals surface area contributed by atoms with Crippen LogP contribution in [0.3, 0.4) is 0 Å². The van der Waals surface area contributed by atoms with Gasteiger partial charge < -0.3 is 31.1 Å². The summed E-state index contributed by atoms with van der Waals surface area (Å²) >= 11 is 0. The fourth-order valence-corrected chi connectivity index (χ4v) is 4.38.